The van der Waals surface area contributed by atoms with Crippen LogP contribution in [-0.2, 0) is 28.6 Å². The van der Waals surface area contributed by atoms with E-state index in [1.165, 1.54) is 96.3 Å². The minimum atomic E-state index is -0.832. The second-order valence-corrected chi connectivity index (χ2v) is 20.5. The normalized spacial score (nSPS) is 13.2. The van der Waals surface area contributed by atoms with Gasteiger partial charge >= 0.3 is 17.9 Å². The molecule has 0 aliphatic carbocycles. The fraction of sp³-hybridized carbons (Fsp3) is 0.603. The van der Waals surface area contributed by atoms with Gasteiger partial charge in [-0.15, -0.1) is 0 Å². The molecular weight excluding hydrogens is 973 g/mol. The summed E-state index contributed by atoms with van der Waals surface area (Å²) in [5.74, 6) is -1.06. The van der Waals surface area contributed by atoms with Crippen LogP contribution >= 0.6 is 0 Å². The van der Waals surface area contributed by atoms with Gasteiger partial charge in [0.1, 0.15) is 13.2 Å². The van der Waals surface area contributed by atoms with Crippen LogP contribution in [0.1, 0.15) is 265 Å². The lowest BCUT2D eigenvalue weighted by molar-refractivity contribution is -0.166. The van der Waals surface area contributed by atoms with Crippen molar-refractivity contribution >= 4 is 17.9 Å². The Hall–Kier alpha value is -4.97. The highest BCUT2D eigenvalue weighted by Crippen LogP contribution is 2.15. The summed E-state index contributed by atoms with van der Waals surface area (Å²) in [5.41, 5.74) is 0. The zero-order valence-electron chi connectivity index (χ0n) is 50.8. The van der Waals surface area contributed by atoms with Gasteiger partial charge < -0.3 is 14.2 Å². The van der Waals surface area contributed by atoms with E-state index < -0.39 is 12.1 Å². The Balaban J connectivity index is 4.45. The van der Waals surface area contributed by atoms with Crippen molar-refractivity contribution in [1.82, 2.24) is 0 Å². The molecule has 0 saturated heterocycles. The molecule has 0 aromatic rings. The van der Waals surface area contributed by atoms with E-state index in [1.807, 2.05) is 6.08 Å². The van der Waals surface area contributed by atoms with Crippen LogP contribution in [-0.4, -0.2) is 37.2 Å². The lowest BCUT2D eigenvalue weighted by atomic mass is 10.0. The first-order chi connectivity index (χ1) is 39.0. The van der Waals surface area contributed by atoms with Crippen molar-refractivity contribution in [2.75, 3.05) is 13.2 Å². The maximum absolute atomic E-state index is 12.9. The second-order valence-electron chi connectivity index (χ2n) is 20.5. The van der Waals surface area contributed by atoms with Crippen LogP contribution in [0.25, 0.3) is 0 Å². The summed E-state index contributed by atoms with van der Waals surface area (Å²) in [6.45, 7) is 6.21. The highest BCUT2D eigenvalue weighted by Gasteiger charge is 2.19. The van der Waals surface area contributed by atoms with Crippen LogP contribution in [0, 0.1) is 0 Å². The summed E-state index contributed by atoms with van der Waals surface area (Å²) < 4.78 is 16.8. The van der Waals surface area contributed by atoms with E-state index in [0.717, 1.165) is 128 Å². The Morgan fingerprint density at radius 1 is 0.266 bits per heavy atom. The molecule has 1 unspecified atom stereocenters. The van der Waals surface area contributed by atoms with Crippen molar-refractivity contribution < 1.29 is 28.6 Å². The zero-order chi connectivity index (χ0) is 57.1. The fourth-order valence-electron chi connectivity index (χ4n) is 8.38. The first-order valence-corrected chi connectivity index (χ1v) is 32.0. The maximum atomic E-state index is 12.9. The lowest BCUT2D eigenvalue weighted by Crippen LogP contribution is -2.30. The molecule has 1 atom stereocenters. The molecule has 0 radical (unpaired) electrons. The molecule has 0 fully saturated rings. The summed E-state index contributed by atoms with van der Waals surface area (Å²) in [5, 5.41) is 0. The number of hydrogen-bond donors (Lipinski definition) is 0. The molecule has 6 nitrogen and oxygen atoms in total. The van der Waals surface area contributed by atoms with Crippen LogP contribution in [0.4, 0.5) is 0 Å². The Morgan fingerprint density at radius 3 is 0.823 bits per heavy atom. The molecule has 444 valence electrons. The first-order valence-electron chi connectivity index (χ1n) is 32.0. The van der Waals surface area contributed by atoms with Crippen LogP contribution < -0.4 is 0 Å². The van der Waals surface area contributed by atoms with Gasteiger partial charge in [0.25, 0.3) is 0 Å². The molecule has 0 saturated carbocycles. The number of carbonyl (C=O) groups is 3. The fourth-order valence-corrected chi connectivity index (χ4v) is 8.38. The van der Waals surface area contributed by atoms with Crippen molar-refractivity contribution in [2.24, 2.45) is 0 Å². The molecule has 0 amide bonds. The third kappa shape index (κ3) is 63.7. The zero-order valence-corrected chi connectivity index (χ0v) is 50.8. The van der Waals surface area contributed by atoms with Crippen molar-refractivity contribution in [3.8, 4) is 0 Å². The van der Waals surface area contributed by atoms with Gasteiger partial charge in [0.05, 0.1) is 6.42 Å². The molecule has 0 N–H and O–H groups in total. The predicted octanol–water partition coefficient (Wildman–Crippen LogP) is 22.1. The average Bonchev–Trinajstić information content (AvgIpc) is 3.45. The smallest absolute Gasteiger partial charge is 0.309 e. The van der Waals surface area contributed by atoms with Crippen LogP contribution in [0.5, 0.6) is 0 Å². The molecule has 0 aliphatic rings. The highest BCUT2D eigenvalue weighted by molar-refractivity contribution is 5.72. The first kappa shape index (κ1) is 74.0. The predicted molar refractivity (Wildman–Crippen MR) is 343 cm³/mol. The topological polar surface area (TPSA) is 78.9 Å². The molecular formula is C73H116O6. The number of allylic oxidation sites excluding steroid dienone is 25. The molecule has 0 heterocycles. The van der Waals surface area contributed by atoms with E-state index in [4.69, 9.17) is 14.2 Å². The molecule has 79 heavy (non-hydrogen) atoms. The van der Waals surface area contributed by atoms with Gasteiger partial charge in [-0.25, -0.2) is 0 Å². The van der Waals surface area contributed by atoms with Gasteiger partial charge in [0.15, 0.2) is 6.10 Å². The second kappa shape index (κ2) is 65.5. The minimum Gasteiger partial charge on any atom is -0.462 e. The SMILES string of the molecule is CC/C=C\C/C=C\C/C=C\C/C=C\C/C=C\CC(=O)OCC(COC(=O)CCCCCCCCCCCCCC/C=C\C/C=C\C/C=C\C/C=C\CC)OC(=O)CCCCCCCCCC/C=C\C/C=C\C/C=C\C/C=C\CC. The van der Waals surface area contributed by atoms with Gasteiger partial charge in [-0.3, -0.25) is 14.4 Å². The number of rotatable bonds is 56. The molecule has 0 spiro atoms. The van der Waals surface area contributed by atoms with Gasteiger partial charge in [-0.05, 0) is 122 Å². The van der Waals surface area contributed by atoms with Gasteiger partial charge in [0.2, 0.25) is 0 Å². The lowest BCUT2D eigenvalue weighted by Gasteiger charge is -2.18. The van der Waals surface area contributed by atoms with Crippen LogP contribution in [0.15, 0.2) is 158 Å². The summed E-state index contributed by atoms with van der Waals surface area (Å²) in [4.78, 5) is 38.3. The number of carbonyl (C=O) groups excluding carboxylic acids is 3. The largest absolute Gasteiger partial charge is 0.462 e. The van der Waals surface area contributed by atoms with E-state index in [-0.39, 0.29) is 31.6 Å². The van der Waals surface area contributed by atoms with Crippen LogP contribution in [0.3, 0.4) is 0 Å². The molecule has 0 aliphatic heterocycles. The molecule has 0 rings (SSSR count). The summed E-state index contributed by atoms with van der Waals surface area (Å²) in [7, 11) is 0. The maximum Gasteiger partial charge on any atom is 0.309 e. The molecule has 0 aromatic carbocycles. The van der Waals surface area contributed by atoms with E-state index in [9.17, 15) is 14.4 Å². The van der Waals surface area contributed by atoms with Gasteiger partial charge in [-0.1, -0.05) is 281 Å². The minimum absolute atomic E-state index is 0.118. The van der Waals surface area contributed by atoms with Crippen molar-refractivity contribution in [3.05, 3.63) is 158 Å². The Morgan fingerprint density at radius 2 is 0.506 bits per heavy atom. The summed E-state index contributed by atoms with van der Waals surface area (Å²) >= 11 is 0. The Kier molecular flexibility index (Phi) is 61.4. The van der Waals surface area contributed by atoms with Crippen LogP contribution in [0.2, 0.25) is 0 Å². The average molecular weight is 1090 g/mol. The number of ether oxygens (including phenoxy) is 3. The van der Waals surface area contributed by atoms with E-state index in [0.29, 0.717) is 12.8 Å². The summed E-state index contributed by atoms with van der Waals surface area (Å²) in [6.07, 6.45) is 95.6. The number of esters is 3. The number of unbranched alkanes of at least 4 members (excludes halogenated alkanes) is 20. The summed E-state index contributed by atoms with van der Waals surface area (Å²) in [6, 6.07) is 0. The monoisotopic (exact) mass is 1090 g/mol. The number of hydrogen-bond acceptors (Lipinski definition) is 6. The van der Waals surface area contributed by atoms with Crippen molar-refractivity contribution in [1.29, 1.82) is 0 Å². The Bertz CT molecular complexity index is 1780. The van der Waals surface area contributed by atoms with Crippen molar-refractivity contribution in [3.63, 3.8) is 0 Å². The van der Waals surface area contributed by atoms with E-state index in [2.05, 4.69) is 167 Å². The highest BCUT2D eigenvalue weighted by atomic mass is 16.6. The standard InChI is InChI=1S/C73H116O6/c1-4-7-10-13-16-19-22-25-28-30-32-34-35-36-37-39-40-42-45-48-51-54-57-60-63-66-72(75)78-69-70(68-77-71(74)65-62-59-56-53-50-47-44-27-24-21-18-15-12-9-6-3)79-73(76)67-64-61-58-55-52-49-46-43-41-38-33-31-29-26-23-20-17-14-11-8-5-2/h7-12,16-21,25-29,32-34,38,44,50,53,59,62,70H,4-6,13-15,22-24,30-31,35-37,39-43,45-49,51-52,54-58,60-61,63-69H2,1-3H3/b10-7-,11-8-,12-9-,19-16-,20-17-,21-18-,28-25-,29-26-,34-32-,38-33-,44-27-,53-50-,62-59-. The van der Waals surface area contributed by atoms with E-state index in [1.54, 1.807) is 6.08 Å². The third-order valence-electron chi connectivity index (χ3n) is 13.0. The van der Waals surface area contributed by atoms with Crippen molar-refractivity contribution in [2.45, 2.75) is 271 Å². The molecule has 6 heteroatoms. The quantitative estimate of drug-likeness (QED) is 0.0261. The Labute approximate surface area is 486 Å². The molecule has 0 aromatic heterocycles. The molecule has 0 bridgehead atoms. The third-order valence-corrected chi connectivity index (χ3v) is 13.0. The van der Waals surface area contributed by atoms with Gasteiger partial charge in [-0.2, -0.15) is 0 Å². The van der Waals surface area contributed by atoms with E-state index >= 15 is 0 Å². The van der Waals surface area contributed by atoms with Gasteiger partial charge in [0, 0.05) is 12.8 Å².